The smallest absolute Gasteiger partial charge is 0.316 e. The first-order valence-electron chi connectivity index (χ1n) is 7.91. The van der Waals surface area contributed by atoms with Gasteiger partial charge in [-0.3, -0.25) is 0 Å². The molecule has 0 spiro atoms. The van der Waals surface area contributed by atoms with E-state index in [0.29, 0.717) is 11.5 Å². The zero-order valence-electron chi connectivity index (χ0n) is 12.5. The molecule has 1 aliphatic rings. The third-order valence-corrected chi connectivity index (χ3v) is 4.41. The van der Waals surface area contributed by atoms with E-state index in [2.05, 4.69) is 12.2 Å². The van der Waals surface area contributed by atoms with Gasteiger partial charge in [0, 0.05) is 0 Å². The fourth-order valence-corrected chi connectivity index (χ4v) is 3.40. The molecular weight excluding hydrogens is 275 g/mol. The van der Waals surface area contributed by atoms with Crippen molar-refractivity contribution in [1.29, 1.82) is 0 Å². The lowest BCUT2D eigenvalue weighted by Crippen LogP contribution is -2.31. The molecule has 0 amide bonds. The number of halogens is 3. The Morgan fingerprint density at radius 3 is 2.57 bits per heavy atom. The van der Waals surface area contributed by atoms with Crippen LogP contribution in [0.5, 0.6) is 0 Å². The van der Waals surface area contributed by atoms with E-state index in [1.54, 1.807) is 12.1 Å². The van der Waals surface area contributed by atoms with Crippen LogP contribution in [0, 0.1) is 5.92 Å². The highest BCUT2D eigenvalue weighted by Crippen LogP contribution is 2.43. The number of alkyl halides is 3. The van der Waals surface area contributed by atoms with Crippen molar-refractivity contribution in [1.82, 2.24) is 5.32 Å². The number of hydrogen-bond donors (Lipinski definition) is 1. The van der Waals surface area contributed by atoms with Crippen LogP contribution in [0.3, 0.4) is 0 Å². The summed E-state index contributed by atoms with van der Waals surface area (Å²) in [6, 6.07) is 6.11. The third kappa shape index (κ3) is 4.22. The van der Waals surface area contributed by atoms with E-state index in [1.807, 2.05) is 0 Å². The Kier molecular flexibility index (Phi) is 5.68. The minimum absolute atomic E-state index is 0.0286. The van der Waals surface area contributed by atoms with Crippen molar-refractivity contribution in [2.45, 2.75) is 51.1 Å². The van der Waals surface area contributed by atoms with Crippen molar-refractivity contribution in [3.8, 4) is 0 Å². The fraction of sp³-hybridized carbons (Fsp3) is 0.647. The minimum atomic E-state index is -4.25. The Morgan fingerprint density at radius 2 is 1.86 bits per heavy atom. The number of nitrogens with one attached hydrogen (secondary N) is 1. The summed E-state index contributed by atoms with van der Waals surface area (Å²) in [5.41, 5.74) is 0.0467. The van der Waals surface area contributed by atoms with Crippen molar-refractivity contribution >= 4 is 0 Å². The Bertz CT molecular complexity index is 442. The van der Waals surface area contributed by atoms with E-state index in [1.165, 1.54) is 12.1 Å². The second kappa shape index (κ2) is 7.30. The van der Waals surface area contributed by atoms with Gasteiger partial charge in [0.25, 0.3) is 0 Å². The summed E-state index contributed by atoms with van der Waals surface area (Å²) in [6.45, 7) is 3.86. The monoisotopic (exact) mass is 299 g/mol. The van der Waals surface area contributed by atoms with Gasteiger partial charge in [0.15, 0.2) is 0 Å². The van der Waals surface area contributed by atoms with E-state index in [9.17, 15) is 13.2 Å². The summed E-state index contributed by atoms with van der Waals surface area (Å²) in [6.07, 6.45) is 0.843. The van der Waals surface area contributed by atoms with Gasteiger partial charge in [-0.05, 0) is 55.8 Å². The van der Waals surface area contributed by atoms with Crippen molar-refractivity contribution in [3.05, 3.63) is 35.4 Å². The molecule has 0 saturated heterocycles. The Balaban J connectivity index is 2.21. The summed E-state index contributed by atoms with van der Waals surface area (Å²) in [5.74, 6) is 0.342. The Hall–Kier alpha value is -1.03. The molecule has 0 radical (unpaired) electrons. The first-order chi connectivity index (χ1) is 10.0. The van der Waals surface area contributed by atoms with Crippen molar-refractivity contribution < 1.29 is 13.2 Å². The van der Waals surface area contributed by atoms with Crippen LogP contribution >= 0.6 is 0 Å². The van der Waals surface area contributed by atoms with Crippen LogP contribution < -0.4 is 5.32 Å². The van der Waals surface area contributed by atoms with Gasteiger partial charge in [-0.25, -0.2) is 0 Å². The lowest BCUT2D eigenvalue weighted by Gasteiger charge is -2.33. The Morgan fingerprint density at radius 1 is 1.14 bits per heavy atom. The lowest BCUT2D eigenvalue weighted by atomic mass is 9.74. The van der Waals surface area contributed by atoms with Gasteiger partial charge >= 0.3 is 6.18 Å². The second-order valence-electron chi connectivity index (χ2n) is 5.94. The molecule has 0 aromatic heterocycles. The van der Waals surface area contributed by atoms with Gasteiger partial charge in [-0.15, -0.1) is 0 Å². The van der Waals surface area contributed by atoms with Crippen molar-refractivity contribution in [3.63, 3.8) is 0 Å². The first-order valence-corrected chi connectivity index (χ1v) is 7.91. The third-order valence-electron chi connectivity index (χ3n) is 4.41. The minimum Gasteiger partial charge on any atom is -0.316 e. The van der Waals surface area contributed by atoms with Gasteiger partial charge in [0.2, 0.25) is 0 Å². The fourth-order valence-electron chi connectivity index (χ4n) is 3.40. The van der Waals surface area contributed by atoms with E-state index >= 15 is 0 Å². The van der Waals surface area contributed by atoms with Crippen LogP contribution in [-0.4, -0.2) is 13.1 Å². The normalized spacial score (nSPS) is 23.2. The average Bonchev–Trinajstić information content (AvgIpc) is 2.47. The molecule has 2 unspecified atom stereocenters. The zero-order chi connectivity index (χ0) is 15.3. The van der Waals surface area contributed by atoms with E-state index in [0.717, 1.165) is 45.2 Å². The van der Waals surface area contributed by atoms with Crippen LogP contribution in [0.4, 0.5) is 13.2 Å². The summed E-state index contributed by atoms with van der Waals surface area (Å²) in [4.78, 5) is 0. The molecule has 2 rings (SSSR count). The number of rotatable bonds is 5. The molecule has 0 aliphatic heterocycles. The van der Waals surface area contributed by atoms with Crippen LogP contribution in [0.25, 0.3) is 0 Å². The van der Waals surface area contributed by atoms with Gasteiger partial charge < -0.3 is 5.32 Å². The summed E-state index contributed by atoms with van der Waals surface area (Å²) in [7, 11) is 0. The molecule has 4 heteroatoms. The van der Waals surface area contributed by atoms with E-state index in [4.69, 9.17) is 0 Å². The lowest BCUT2D eigenvalue weighted by molar-refractivity contribution is -0.138. The maximum absolute atomic E-state index is 13.2. The number of hydrogen-bond acceptors (Lipinski definition) is 1. The maximum atomic E-state index is 13.2. The molecule has 1 nitrogen and oxygen atoms in total. The topological polar surface area (TPSA) is 12.0 Å². The van der Waals surface area contributed by atoms with Crippen LogP contribution in [-0.2, 0) is 6.18 Å². The summed E-state index contributed by atoms with van der Waals surface area (Å²) < 4.78 is 39.7. The van der Waals surface area contributed by atoms with Crippen LogP contribution in [0.2, 0.25) is 0 Å². The maximum Gasteiger partial charge on any atom is 0.416 e. The average molecular weight is 299 g/mol. The van der Waals surface area contributed by atoms with Crippen molar-refractivity contribution in [2.24, 2.45) is 5.92 Å². The van der Waals surface area contributed by atoms with E-state index < -0.39 is 11.7 Å². The zero-order valence-corrected chi connectivity index (χ0v) is 12.5. The molecule has 0 heterocycles. The molecule has 2 atom stereocenters. The molecule has 1 saturated carbocycles. The molecule has 1 aromatic rings. The SMILES string of the molecule is CCCNCC1CCCCC1c1ccccc1C(F)(F)F. The largest absolute Gasteiger partial charge is 0.416 e. The molecule has 1 aromatic carbocycles. The molecule has 1 aliphatic carbocycles. The Labute approximate surface area is 124 Å². The highest BCUT2D eigenvalue weighted by Gasteiger charge is 2.37. The highest BCUT2D eigenvalue weighted by molar-refractivity contribution is 5.33. The molecule has 1 fully saturated rings. The summed E-state index contributed by atoms with van der Waals surface area (Å²) >= 11 is 0. The predicted octanol–water partition coefficient (Wildman–Crippen LogP) is 4.98. The van der Waals surface area contributed by atoms with Crippen molar-refractivity contribution in [2.75, 3.05) is 13.1 Å². The number of benzene rings is 1. The standard InChI is InChI=1S/C17H24F3N/c1-2-11-21-12-13-7-3-4-8-14(13)15-9-5-6-10-16(15)17(18,19)20/h5-6,9-10,13-14,21H,2-4,7-8,11-12H2,1H3. The van der Waals surface area contributed by atoms with Crippen LogP contribution in [0.1, 0.15) is 56.1 Å². The quantitative estimate of drug-likeness (QED) is 0.756. The van der Waals surface area contributed by atoms with Gasteiger partial charge in [0.1, 0.15) is 0 Å². The predicted molar refractivity (Wildman–Crippen MR) is 79.3 cm³/mol. The molecular formula is C17H24F3N. The molecule has 21 heavy (non-hydrogen) atoms. The van der Waals surface area contributed by atoms with Gasteiger partial charge in [-0.1, -0.05) is 38.0 Å². The van der Waals surface area contributed by atoms with E-state index in [-0.39, 0.29) is 5.92 Å². The molecule has 118 valence electrons. The molecule has 1 N–H and O–H groups in total. The van der Waals surface area contributed by atoms with Gasteiger partial charge in [-0.2, -0.15) is 13.2 Å². The van der Waals surface area contributed by atoms with Gasteiger partial charge in [0.05, 0.1) is 5.56 Å². The molecule has 0 bridgehead atoms. The van der Waals surface area contributed by atoms with Crippen LogP contribution in [0.15, 0.2) is 24.3 Å². The summed E-state index contributed by atoms with van der Waals surface area (Å²) in [5, 5.41) is 3.38. The second-order valence-corrected chi connectivity index (χ2v) is 5.94. The first kappa shape index (κ1) is 16.3. The highest BCUT2D eigenvalue weighted by atomic mass is 19.4.